The largest absolute Gasteiger partial charge is 0.465 e. The third-order valence-electron chi connectivity index (χ3n) is 3.52. The zero-order valence-electron chi connectivity index (χ0n) is 11.2. The van der Waals surface area contributed by atoms with E-state index < -0.39 is 5.54 Å². The second kappa shape index (κ2) is 4.74. The molecule has 0 spiro atoms. The molecule has 1 N–H and O–H groups in total. The van der Waals surface area contributed by atoms with Crippen molar-refractivity contribution in [1.29, 1.82) is 0 Å². The van der Waals surface area contributed by atoms with Crippen LogP contribution in [-0.2, 0) is 9.53 Å². The van der Waals surface area contributed by atoms with Crippen LogP contribution in [0.3, 0.4) is 0 Å². The van der Waals surface area contributed by atoms with Crippen LogP contribution in [0.25, 0.3) is 0 Å². The molecule has 0 saturated heterocycles. The first-order valence-electron chi connectivity index (χ1n) is 6.21. The zero-order valence-corrected chi connectivity index (χ0v) is 11.2. The first-order chi connectivity index (χ1) is 7.35. The van der Waals surface area contributed by atoms with Crippen molar-refractivity contribution in [3.05, 3.63) is 0 Å². The normalized spacial score (nSPS) is 33.4. The van der Waals surface area contributed by atoms with Crippen molar-refractivity contribution in [2.75, 3.05) is 13.7 Å². The van der Waals surface area contributed by atoms with Crippen LogP contribution in [0, 0.1) is 11.3 Å². The molecule has 1 fully saturated rings. The van der Waals surface area contributed by atoms with Crippen LogP contribution in [0.5, 0.6) is 0 Å². The van der Waals surface area contributed by atoms with Gasteiger partial charge in [0.2, 0.25) is 0 Å². The van der Waals surface area contributed by atoms with Gasteiger partial charge in [0.05, 0.1) is 6.61 Å². The Balaban J connectivity index is 2.89. The van der Waals surface area contributed by atoms with Gasteiger partial charge in [-0.15, -0.1) is 0 Å². The molecule has 1 rings (SSSR count). The molecular weight excluding hydrogens is 202 g/mol. The topological polar surface area (TPSA) is 38.3 Å². The third kappa shape index (κ3) is 2.76. The van der Waals surface area contributed by atoms with E-state index in [1.165, 1.54) is 6.42 Å². The summed E-state index contributed by atoms with van der Waals surface area (Å²) >= 11 is 0. The number of carbonyl (C=O) groups excluding carboxylic acids is 1. The van der Waals surface area contributed by atoms with E-state index in [4.69, 9.17) is 4.74 Å². The lowest BCUT2D eigenvalue weighted by Gasteiger charge is -2.45. The molecular formula is C13H25NO2. The smallest absolute Gasteiger partial charge is 0.326 e. The Morgan fingerprint density at radius 1 is 1.44 bits per heavy atom. The van der Waals surface area contributed by atoms with Crippen LogP contribution in [0.2, 0.25) is 0 Å². The van der Waals surface area contributed by atoms with E-state index in [9.17, 15) is 4.79 Å². The van der Waals surface area contributed by atoms with E-state index in [1.807, 2.05) is 14.0 Å². The van der Waals surface area contributed by atoms with Gasteiger partial charge in [0, 0.05) is 0 Å². The molecule has 94 valence electrons. The van der Waals surface area contributed by atoms with Crippen molar-refractivity contribution in [1.82, 2.24) is 5.32 Å². The number of hydrogen-bond donors (Lipinski definition) is 1. The van der Waals surface area contributed by atoms with Crippen molar-refractivity contribution in [3.63, 3.8) is 0 Å². The zero-order chi connectivity index (χ0) is 12.4. The Kier molecular flexibility index (Phi) is 4.00. The molecule has 2 unspecified atom stereocenters. The highest BCUT2D eigenvalue weighted by Gasteiger charge is 2.47. The fraction of sp³-hybridized carbons (Fsp3) is 0.923. The molecule has 2 atom stereocenters. The Morgan fingerprint density at radius 2 is 2.06 bits per heavy atom. The van der Waals surface area contributed by atoms with Crippen molar-refractivity contribution < 1.29 is 9.53 Å². The SMILES string of the molecule is CCOC(=O)C1(NC)CC(C)CC(C)(C)C1. The van der Waals surface area contributed by atoms with Crippen LogP contribution >= 0.6 is 0 Å². The van der Waals surface area contributed by atoms with Crippen molar-refractivity contribution in [2.24, 2.45) is 11.3 Å². The van der Waals surface area contributed by atoms with Crippen LogP contribution in [0.4, 0.5) is 0 Å². The van der Waals surface area contributed by atoms with Gasteiger partial charge in [0.25, 0.3) is 0 Å². The fourth-order valence-electron chi connectivity index (χ4n) is 3.29. The minimum Gasteiger partial charge on any atom is -0.465 e. The minimum atomic E-state index is -0.475. The molecule has 3 nitrogen and oxygen atoms in total. The van der Waals surface area contributed by atoms with Crippen LogP contribution < -0.4 is 5.32 Å². The standard InChI is InChI=1S/C13H25NO2/c1-6-16-11(15)13(14-5)8-10(2)7-12(3,4)9-13/h10,14H,6-9H2,1-5H3. The van der Waals surface area contributed by atoms with Gasteiger partial charge in [-0.2, -0.15) is 0 Å². The summed E-state index contributed by atoms with van der Waals surface area (Å²) in [6, 6.07) is 0. The highest BCUT2D eigenvalue weighted by atomic mass is 16.5. The summed E-state index contributed by atoms with van der Waals surface area (Å²) in [5.41, 5.74) is -0.273. The van der Waals surface area contributed by atoms with Gasteiger partial charge in [-0.25, -0.2) is 0 Å². The van der Waals surface area contributed by atoms with Gasteiger partial charge < -0.3 is 10.1 Å². The van der Waals surface area contributed by atoms with Crippen molar-refractivity contribution in [2.45, 2.75) is 52.5 Å². The molecule has 0 aromatic heterocycles. The second-order valence-electron chi connectivity index (χ2n) is 5.91. The van der Waals surface area contributed by atoms with Gasteiger partial charge in [0.1, 0.15) is 5.54 Å². The summed E-state index contributed by atoms with van der Waals surface area (Å²) in [6.07, 6.45) is 2.92. The summed E-state index contributed by atoms with van der Waals surface area (Å²) in [7, 11) is 1.87. The van der Waals surface area contributed by atoms with Gasteiger partial charge in [-0.1, -0.05) is 20.8 Å². The van der Waals surface area contributed by atoms with E-state index in [0.29, 0.717) is 12.5 Å². The van der Waals surface area contributed by atoms with Crippen LogP contribution in [0.1, 0.15) is 47.0 Å². The van der Waals surface area contributed by atoms with E-state index in [0.717, 1.165) is 12.8 Å². The lowest BCUT2D eigenvalue weighted by molar-refractivity contribution is -0.155. The summed E-state index contributed by atoms with van der Waals surface area (Å²) in [5, 5.41) is 3.21. The average Bonchev–Trinajstić information content (AvgIpc) is 2.14. The number of hydrogen-bond acceptors (Lipinski definition) is 3. The van der Waals surface area contributed by atoms with Gasteiger partial charge in [0.15, 0.2) is 0 Å². The van der Waals surface area contributed by atoms with E-state index >= 15 is 0 Å². The van der Waals surface area contributed by atoms with Gasteiger partial charge >= 0.3 is 5.97 Å². The van der Waals surface area contributed by atoms with E-state index in [2.05, 4.69) is 26.1 Å². The van der Waals surface area contributed by atoms with Gasteiger partial charge in [-0.05, 0) is 44.6 Å². The van der Waals surface area contributed by atoms with Crippen LogP contribution in [0.15, 0.2) is 0 Å². The predicted molar refractivity (Wildman–Crippen MR) is 65.2 cm³/mol. The highest BCUT2D eigenvalue weighted by molar-refractivity contribution is 5.81. The molecule has 1 aliphatic rings. The Hall–Kier alpha value is -0.570. The summed E-state index contributed by atoms with van der Waals surface area (Å²) in [6.45, 7) is 8.99. The number of carbonyl (C=O) groups is 1. The maximum atomic E-state index is 12.1. The molecule has 0 radical (unpaired) electrons. The first kappa shape index (κ1) is 13.5. The Morgan fingerprint density at radius 3 is 2.50 bits per heavy atom. The molecule has 0 aliphatic heterocycles. The van der Waals surface area contributed by atoms with Gasteiger partial charge in [-0.3, -0.25) is 4.79 Å². The quantitative estimate of drug-likeness (QED) is 0.752. The number of rotatable bonds is 3. The molecule has 0 heterocycles. The predicted octanol–water partition coefficient (Wildman–Crippen LogP) is 2.35. The number of nitrogens with one attached hydrogen (secondary N) is 1. The maximum absolute atomic E-state index is 12.1. The Labute approximate surface area is 98.9 Å². The molecule has 0 aromatic carbocycles. The third-order valence-corrected chi connectivity index (χ3v) is 3.52. The monoisotopic (exact) mass is 227 g/mol. The highest BCUT2D eigenvalue weighted by Crippen LogP contribution is 2.44. The van der Waals surface area contributed by atoms with Crippen LogP contribution in [-0.4, -0.2) is 25.2 Å². The number of ether oxygens (including phenoxy) is 1. The second-order valence-corrected chi connectivity index (χ2v) is 5.91. The molecule has 0 amide bonds. The molecule has 1 aliphatic carbocycles. The van der Waals surface area contributed by atoms with E-state index in [1.54, 1.807) is 0 Å². The summed E-state index contributed by atoms with van der Waals surface area (Å²) in [5.74, 6) is 0.470. The first-order valence-corrected chi connectivity index (χ1v) is 6.21. The Bertz CT molecular complexity index is 263. The van der Waals surface area contributed by atoms with E-state index in [-0.39, 0.29) is 11.4 Å². The lowest BCUT2D eigenvalue weighted by atomic mass is 9.64. The fourth-order valence-corrected chi connectivity index (χ4v) is 3.29. The summed E-state index contributed by atoms with van der Waals surface area (Å²) in [4.78, 5) is 12.1. The molecule has 0 aromatic rings. The molecule has 1 saturated carbocycles. The number of likely N-dealkylation sites (N-methyl/N-ethyl adjacent to an activating group) is 1. The minimum absolute atomic E-state index is 0.0860. The molecule has 3 heteroatoms. The lowest BCUT2D eigenvalue weighted by Crippen LogP contribution is -2.57. The summed E-state index contributed by atoms with van der Waals surface area (Å²) < 4.78 is 5.22. The van der Waals surface area contributed by atoms with Crippen molar-refractivity contribution in [3.8, 4) is 0 Å². The maximum Gasteiger partial charge on any atom is 0.326 e. The molecule has 0 bridgehead atoms. The van der Waals surface area contributed by atoms with Crippen molar-refractivity contribution >= 4 is 5.97 Å². The number of esters is 1. The average molecular weight is 227 g/mol. The molecule has 16 heavy (non-hydrogen) atoms.